The van der Waals surface area contributed by atoms with E-state index in [9.17, 15) is 9.18 Å². The van der Waals surface area contributed by atoms with Crippen LogP contribution in [0.3, 0.4) is 0 Å². The molecule has 0 unspecified atom stereocenters. The first-order valence-corrected chi connectivity index (χ1v) is 4.58. The molecule has 0 fully saturated rings. The summed E-state index contributed by atoms with van der Waals surface area (Å²) in [5.41, 5.74) is -1.25. The third kappa shape index (κ3) is 1.72. The van der Waals surface area contributed by atoms with Gasteiger partial charge in [0.1, 0.15) is 0 Å². The summed E-state index contributed by atoms with van der Waals surface area (Å²) in [5.74, 6) is -0.429. The van der Waals surface area contributed by atoms with Crippen molar-refractivity contribution < 1.29 is 9.18 Å². The van der Waals surface area contributed by atoms with Gasteiger partial charge in [-0.1, -0.05) is 0 Å². The zero-order chi connectivity index (χ0) is 9.35. The van der Waals surface area contributed by atoms with E-state index in [2.05, 4.69) is 0 Å². The maximum Gasteiger partial charge on any atom is 0.200 e. The summed E-state index contributed by atoms with van der Waals surface area (Å²) in [7, 11) is 0. The first-order valence-electron chi connectivity index (χ1n) is 3.70. The first-order chi connectivity index (χ1) is 5.43. The molecule has 0 radical (unpaired) electrons. The predicted octanol–water partition coefficient (Wildman–Crippen LogP) is 2.99. The van der Waals surface area contributed by atoms with Crippen molar-refractivity contribution in [1.29, 1.82) is 0 Å². The lowest BCUT2D eigenvalue weighted by atomic mass is 9.99. The van der Waals surface area contributed by atoms with Crippen molar-refractivity contribution in [2.75, 3.05) is 0 Å². The average Bonchev–Trinajstić information content (AvgIpc) is 2.31. The van der Waals surface area contributed by atoms with E-state index in [1.165, 1.54) is 25.2 Å². The fourth-order valence-electron chi connectivity index (χ4n) is 0.941. The van der Waals surface area contributed by atoms with E-state index in [1.54, 1.807) is 11.4 Å². The van der Waals surface area contributed by atoms with Gasteiger partial charge in [-0.15, -0.1) is 11.3 Å². The van der Waals surface area contributed by atoms with Crippen LogP contribution in [-0.4, -0.2) is 11.5 Å². The van der Waals surface area contributed by atoms with Gasteiger partial charge >= 0.3 is 0 Å². The number of carbonyl (C=O) groups is 1. The number of carbonyl (C=O) groups excluding carboxylic acids is 1. The van der Waals surface area contributed by atoms with Crippen molar-refractivity contribution in [3.63, 3.8) is 0 Å². The molecule has 0 aliphatic rings. The summed E-state index contributed by atoms with van der Waals surface area (Å²) < 4.78 is 13.2. The van der Waals surface area contributed by atoms with Crippen LogP contribution in [-0.2, 0) is 0 Å². The normalized spacial score (nSPS) is 11.7. The van der Waals surface area contributed by atoms with Crippen molar-refractivity contribution in [3.8, 4) is 0 Å². The Labute approximate surface area is 75.2 Å². The van der Waals surface area contributed by atoms with Crippen LogP contribution < -0.4 is 0 Å². The molecule has 1 aromatic rings. The molecule has 1 heterocycles. The number of thiophene rings is 1. The molecule has 1 rings (SSSR count). The maximum atomic E-state index is 13.2. The molecule has 0 saturated heterocycles. The van der Waals surface area contributed by atoms with Gasteiger partial charge < -0.3 is 0 Å². The third-order valence-electron chi connectivity index (χ3n) is 1.64. The summed E-state index contributed by atoms with van der Waals surface area (Å²) in [6.07, 6.45) is 0. The van der Waals surface area contributed by atoms with Crippen molar-refractivity contribution in [2.45, 2.75) is 26.4 Å². The molecular formula is C9H11FOS. The minimum Gasteiger partial charge on any atom is -0.291 e. The van der Waals surface area contributed by atoms with E-state index in [4.69, 9.17) is 0 Å². The second kappa shape index (κ2) is 2.98. The van der Waals surface area contributed by atoms with Gasteiger partial charge in [0.2, 0.25) is 0 Å². The molecule has 0 saturated carbocycles. The Bertz CT molecular complexity index is 296. The van der Waals surface area contributed by atoms with Gasteiger partial charge in [-0.2, -0.15) is 0 Å². The van der Waals surface area contributed by atoms with Gasteiger partial charge in [-0.3, -0.25) is 4.79 Å². The van der Waals surface area contributed by atoms with Crippen LogP contribution in [0.15, 0.2) is 11.4 Å². The molecular weight excluding hydrogens is 175 g/mol. The van der Waals surface area contributed by atoms with Gasteiger partial charge in [0, 0.05) is 10.4 Å². The highest BCUT2D eigenvalue weighted by Crippen LogP contribution is 2.22. The van der Waals surface area contributed by atoms with E-state index >= 15 is 0 Å². The van der Waals surface area contributed by atoms with E-state index in [0.29, 0.717) is 5.56 Å². The van der Waals surface area contributed by atoms with E-state index < -0.39 is 11.5 Å². The molecule has 0 spiro atoms. The topological polar surface area (TPSA) is 17.1 Å². The zero-order valence-corrected chi connectivity index (χ0v) is 8.17. The smallest absolute Gasteiger partial charge is 0.200 e. The van der Waals surface area contributed by atoms with Gasteiger partial charge in [-0.25, -0.2) is 4.39 Å². The van der Waals surface area contributed by atoms with Crippen LogP contribution in [0.4, 0.5) is 4.39 Å². The first kappa shape index (κ1) is 9.39. The molecule has 66 valence electrons. The molecule has 0 amide bonds. The van der Waals surface area contributed by atoms with E-state index in [0.717, 1.165) is 4.88 Å². The van der Waals surface area contributed by atoms with Crippen molar-refractivity contribution >= 4 is 17.1 Å². The lowest BCUT2D eigenvalue weighted by molar-refractivity contribution is 0.0760. The number of alkyl halides is 1. The number of ketones is 1. The van der Waals surface area contributed by atoms with Crippen molar-refractivity contribution in [1.82, 2.24) is 0 Å². The standard InChI is InChI=1S/C9H11FOS/c1-6-7(4-5-12-6)8(11)9(2,3)10/h4-5H,1-3H3. The fourth-order valence-corrected chi connectivity index (χ4v) is 1.64. The number of hydrogen-bond acceptors (Lipinski definition) is 2. The maximum absolute atomic E-state index is 13.2. The average molecular weight is 186 g/mol. The van der Waals surface area contributed by atoms with Crippen LogP contribution in [0.5, 0.6) is 0 Å². The Morgan fingerprint density at radius 1 is 1.58 bits per heavy atom. The Morgan fingerprint density at radius 3 is 2.50 bits per heavy atom. The summed E-state index contributed by atoms with van der Waals surface area (Å²) >= 11 is 1.46. The molecule has 0 aliphatic heterocycles. The minimum absolute atomic E-state index is 0.429. The largest absolute Gasteiger partial charge is 0.291 e. The predicted molar refractivity (Wildman–Crippen MR) is 48.6 cm³/mol. The van der Waals surface area contributed by atoms with E-state index in [1.807, 2.05) is 6.92 Å². The summed E-state index contributed by atoms with van der Waals surface area (Å²) in [6.45, 7) is 4.39. The SMILES string of the molecule is Cc1sccc1C(=O)C(C)(C)F. The number of halogens is 1. The van der Waals surface area contributed by atoms with Gasteiger partial charge in [0.15, 0.2) is 11.5 Å². The molecule has 1 nitrogen and oxygen atoms in total. The molecule has 12 heavy (non-hydrogen) atoms. The quantitative estimate of drug-likeness (QED) is 0.649. The van der Waals surface area contributed by atoms with Crippen LogP contribution in [0.25, 0.3) is 0 Å². The molecule has 0 aliphatic carbocycles. The number of hydrogen-bond donors (Lipinski definition) is 0. The number of aryl methyl sites for hydroxylation is 1. The fraction of sp³-hybridized carbons (Fsp3) is 0.444. The Hall–Kier alpha value is -0.700. The molecule has 0 aromatic carbocycles. The monoisotopic (exact) mass is 186 g/mol. The van der Waals surface area contributed by atoms with Crippen molar-refractivity contribution in [2.24, 2.45) is 0 Å². The molecule has 0 atom stereocenters. The van der Waals surface area contributed by atoms with Crippen LogP contribution in [0, 0.1) is 6.92 Å². The summed E-state index contributed by atoms with van der Waals surface area (Å²) in [5, 5.41) is 1.80. The highest BCUT2D eigenvalue weighted by atomic mass is 32.1. The van der Waals surface area contributed by atoms with Crippen LogP contribution >= 0.6 is 11.3 Å². The van der Waals surface area contributed by atoms with Crippen LogP contribution in [0.2, 0.25) is 0 Å². The lowest BCUT2D eigenvalue weighted by Gasteiger charge is -2.11. The summed E-state index contributed by atoms with van der Waals surface area (Å²) in [6, 6.07) is 1.67. The minimum atomic E-state index is -1.76. The second-order valence-corrected chi connectivity index (χ2v) is 4.31. The Kier molecular flexibility index (Phi) is 2.33. The van der Waals surface area contributed by atoms with Gasteiger partial charge in [0.25, 0.3) is 0 Å². The van der Waals surface area contributed by atoms with Crippen molar-refractivity contribution in [3.05, 3.63) is 21.9 Å². The number of Topliss-reactive ketones (excluding diaryl/α,β-unsaturated/α-hetero) is 1. The molecule has 1 aromatic heterocycles. The van der Waals surface area contributed by atoms with Gasteiger partial charge in [0.05, 0.1) is 0 Å². The van der Waals surface area contributed by atoms with Gasteiger partial charge in [-0.05, 0) is 32.2 Å². The highest BCUT2D eigenvalue weighted by Gasteiger charge is 2.29. The van der Waals surface area contributed by atoms with E-state index in [-0.39, 0.29) is 0 Å². The Balaban J connectivity index is 3.01. The summed E-state index contributed by atoms with van der Waals surface area (Å²) in [4.78, 5) is 12.3. The third-order valence-corrected chi connectivity index (χ3v) is 2.49. The second-order valence-electron chi connectivity index (χ2n) is 3.19. The molecule has 3 heteroatoms. The zero-order valence-electron chi connectivity index (χ0n) is 7.35. The molecule has 0 bridgehead atoms. The lowest BCUT2D eigenvalue weighted by Crippen LogP contribution is -2.25. The molecule has 0 N–H and O–H groups in total. The van der Waals surface area contributed by atoms with Crippen LogP contribution in [0.1, 0.15) is 29.1 Å². The Morgan fingerprint density at radius 2 is 2.17 bits per heavy atom. The highest BCUT2D eigenvalue weighted by molar-refractivity contribution is 7.10. The number of rotatable bonds is 2.